The lowest BCUT2D eigenvalue weighted by Gasteiger charge is -2.07. The number of aromatic nitrogens is 2. The van der Waals surface area contributed by atoms with Gasteiger partial charge in [-0.3, -0.25) is 15.4 Å². The Morgan fingerprint density at radius 2 is 1.44 bits per heavy atom. The van der Waals surface area contributed by atoms with Crippen LogP contribution >= 0.6 is 0 Å². The van der Waals surface area contributed by atoms with E-state index in [4.69, 9.17) is 9.47 Å². The molecule has 6 nitrogen and oxygen atoms in total. The number of hydrazone groups is 1. The molecule has 4 rings (SSSR count). The van der Waals surface area contributed by atoms with Gasteiger partial charge in [0.15, 0.2) is 0 Å². The van der Waals surface area contributed by atoms with Gasteiger partial charge in [-0.1, -0.05) is 0 Å². The number of ether oxygens (including phenoxy) is 2. The summed E-state index contributed by atoms with van der Waals surface area (Å²) in [5.74, 6) is 1.55. The molecule has 134 valence electrons. The quantitative estimate of drug-likeness (QED) is 0.427. The zero-order chi connectivity index (χ0) is 18.6. The highest BCUT2D eigenvalue weighted by atomic mass is 16.5. The Hall–Kier alpha value is -3.67. The topological polar surface area (TPSA) is 68.6 Å². The van der Waals surface area contributed by atoms with Crippen LogP contribution in [0.1, 0.15) is 5.56 Å². The molecule has 0 unspecified atom stereocenters. The normalized spacial score (nSPS) is 11.2. The second-order valence-electron chi connectivity index (χ2n) is 5.89. The number of pyridine rings is 2. The predicted octanol–water partition coefficient (Wildman–Crippen LogP) is 4.25. The van der Waals surface area contributed by atoms with Crippen LogP contribution in [0.3, 0.4) is 0 Å². The van der Waals surface area contributed by atoms with E-state index in [9.17, 15) is 0 Å². The fourth-order valence-electron chi connectivity index (χ4n) is 2.91. The summed E-state index contributed by atoms with van der Waals surface area (Å²) in [5, 5.41) is 6.38. The Morgan fingerprint density at radius 3 is 2.15 bits per heavy atom. The molecular formula is C21H18N4O2. The lowest BCUT2D eigenvalue weighted by molar-refractivity contribution is 0.415. The molecule has 0 spiro atoms. The number of hydrogen-bond acceptors (Lipinski definition) is 6. The zero-order valence-corrected chi connectivity index (χ0v) is 15.0. The minimum Gasteiger partial charge on any atom is -0.497 e. The van der Waals surface area contributed by atoms with Crippen molar-refractivity contribution in [1.82, 2.24) is 9.97 Å². The smallest absolute Gasteiger partial charge is 0.121 e. The second kappa shape index (κ2) is 7.29. The molecule has 2 aromatic carbocycles. The zero-order valence-electron chi connectivity index (χ0n) is 15.0. The molecule has 0 saturated carbocycles. The third-order valence-electron chi connectivity index (χ3n) is 4.32. The molecule has 0 fully saturated rings. The van der Waals surface area contributed by atoms with Gasteiger partial charge in [-0.25, -0.2) is 0 Å². The van der Waals surface area contributed by atoms with E-state index in [1.54, 1.807) is 32.8 Å². The number of methoxy groups -OCH3 is 2. The molecule has 0 atom stereocenters. The van der Waals surface area contributed by atoms with Crippen LogP contribution in [0, 0.1) is 0 Å². The number of fused-ring (bicyclic) bond motifs is 2. The lowest BCUT2D eigenvalue weighted by atomic mass is 10.1. The maximum atomic E-state index is 5.26. The summed E-state index contributed by atoms with van der Waals surface area (Å²) in [6, 6.07) is 15.4. The molecular weight excluding hydrogens is 340 g/mol. The SMILES string of the molecule is COc1ccc2c(/C=N/Nc3ccnc4cc(OC)ccc34)ccnc2c1. The fourth-order valence-corrected chi connectivity index (χ4v) is 2.91. The van der Waals surface area contributed by atoms with Crippen molar-refractivity contribution < 1.29 is 9.47 Å². The monoisotopic (exact) mass is 358 g/mol. The minimum atomic E-state index is 0.773. The first-order valence-electron chi connectivity index (χ1n) is 8.43. The molecule has 0 amide bonds. The van der Waals surface area contributed by atoms with Gasteiger partial charge in [0.25, 0.3) is 0 Å². The summed E-state index contributed by atoms with van der Waals surface area (Å²) < 4.78 is 10.5. The van der Waals surface area contributed by atoms with Crippen molar-refractivity contribution in [1.29, 1.82) is 0 Å². The van der Waals surface area contributed by atoms with Gasteiger partial charge in [0.2, 0.25) is 0 Å². The van der Waals surface area contributed by atoms with Gasteiger partial charge in [-0.05, 0) is 36.4 Å². The summed E-state index contributed by atoms with van der Waals surface area (Å²) in [5.41, 5.74) is 6.65. The largest absolute Gasteiger partial charge is 0.497 e. The Balaban J connectivity index is 1.63. The molecule has 0 bridgehead atoms. The van der Waals surface area contributed by atoms with Gasteiger partial charge >= 0.3 is 0 Å². The molecule has 4 aromatic rings. The number of nitrogens with one attached hydrogen (secondary N) is 1. The first-order chi connectivity index (χ1) is 13.3. The predicted molar refractivity (Wildman–Crippen MR) is 108 cm³/mol. The summed E-state index contributed by atoms with van der Waals surface area (Å²) in [7, 11) is 3.28. The summed E-state index contributed by atoms with van der Waals surface area (Å²) in [6.07, 6.45) is 5.29. The van der Waals surface area contributed by atoms with Crippen molar-refractivity contribution in [2.24, 2.45) is 5.10 Å². The van der Waals surface area contributed by atoms with Gasteiger partial charge in [-0.2, -0.15) is 5.10 Å². The van der Waals surface area contributed by atoms with E-state index in [1.807, 2.05) is 48.5 Å². The maximum absolute atomic E-state index is 5.26. The van der Waals surface area contributed by atoms with Crippen LogP contribution in [-0.4, -0.2) is 30.4 Å². The van der Waals surface area contributed by atoms with Crippen molar-refractivity contribution in [2.75, 3.05) is 19.6 Å². The maximum Gasteiger partial charge on any atom is 0.121 e. The first kappa shape index (κ1) is 16.8. The number of hydrogen-bond donors (Lipinski definition) is 1. The third-order valence-corrected chi connectivity index (χ3v) is 4.32. The highest BCUT2D eigenvalue weighted by Gasteiger charge is 2.04. The standard InChI is InChI=1S/C21H18N4O2/c1-26-15-3-5-17-14(7-9-22-20(17)11-15)13-24-25-19-8-10-23-21-12-16(27-2)4-6-18(19)21/h3-13H,1-2H3,(H,23,25)/b24-13+. The molecule has 0 aliphatic carbocycles. The van der Waals surface area contributed by atoms with Gasteiger partial charge in [0.05, 0.1) is 37.2 Å². The molecule has 2 aromatic heterocycles. The molecule has 27 heavy (non-hydrogen) atoms. The van der Waals surface area contributed by atoms with Crippen molar-refractivity contribution in [2.45, 2.75) is 0 Å². The van der Waals surface area contributed by atoms with Crippen LogP contribution in [0.4, 0.5) is 5.69 Å². The van der Waals surface area contributed by atoms with Crippen LogP contribution in [0.5, 0.6) is 11.5 Å². The van der Waals surface area contributed by atoms with Crippen LogP contribution in [0.2, 0.25) is 0 Å². The molecule has 0 saturated heterocycles. The highest BCUT2D eigenvalue weighted by Crippen LogP contribution is 2.25. The number of benzene rings is 2. The Morgan fingerprint density at radius 1 is 0.815 bits per heavy atom. The second-order valence-corrected chi connectivity index (χ2v) is 5.89. The number of nitrogens with zero attached hydrogens (tertiary/aromatic N) is 3. The van der Waals surface area contributed by atoms with Crippen LogP contribution < -0.4 is 14.9 Å². The molecule has 6 heteroatoms. The average molecular weight is 358 g/mol. The summed E-state index contributed by atoms with van der Waals surface area (Å²) in [6.45, 7) is 0. The van der Waals surface area contributed by atoms with Crippen molar-refractivity contribution in [3.05, 3.63) is 66.5 Å². The van der Waals surface area contributed by atoms with E-state index in [-0.39, 0.29) is 0 Å². The van der Waals surface area contributed by atoms with E-state index >= 15 is 0 Å². The molecule has 0 radical (unpaired) electrons. The minimum absolute atomic E-state index is 0.773. The van der Waals surface area contributed by atoms with E-state index in [2.05, 4.69) is 20.5 Å². The van der Waals surface area contributed by atoms with Gasteiger partial charge < -0.3 is 9.47 Å². The van der Waals surface area contributed by atoms with Crippen LogP contribution in [0.15, 0.2) is 66.0 Å². The Bertz CT molecular complexity index is 1140. The fraction of sp³-hybridized carbons (Fsp3) is 0.0952. The number of rotatable bonds is 5. The van der Waals surface area contributed by atoms with Crippen molar-refractivity contribution in [3.8, 4) is 11.5 Å². The summed E-state index contributed by atoms with van der Waals surface area (Å²) >= 11 is 0. The first-order valence-corrected chi connectivity index (χ1v) is 8.43. The Labute approximate surface area is 156 Å². The molecule has 0 aliphatic heterocycles. The van der Waals surface area contributed by atoms with E-state index in [1.165, 1.54) is 0 Å². The van der Waals surface area contributed by atoms with Crippen molar-refractivity contribution in [3.63, 3.8) is 0 Å². The van der Waals surface area contributed by atoms with Gasteiger partial charge in [-0.15, -0.1) is 0 Å². The molecule has 0 aliphatic rings. The van der Waals surface area contributed by atoms with Crippen LogP contribution in [0.25, 0.3) is 21.8 Å². The van der Waals surface area contributed by atoms with Crippen molar-refractivity contribution >= 4 is 33.7 Å². The third kappa shape index (κ3) is 3.37. The summed E-state index contributed by atoms with van der Waals surface area (Å²) in [4.78, 5) is 8.77. The van der Waals surface area contributed by atoms with E-state index < -0.39 is 0 Å². The lowest BCUT2D eigenvalue weighted by Crippen LogP contribution is -1.94. The van der Waals surface area contributed by atoms with Gasteiger partial charge in [0.1, 0.15) is 11.5 Å². The van der Waals surface area contributed by atoms with E-state index in [0.717, 1.165) is 44.6 Å². The van der Waals surface area contributed by atoms with Gasteiger partial charge in [0, 0.05) is 40.9 Å². The average Bonchev–Trinajstić information content (AvgIpc) is 2.73. The van der Waals surface area contributed by atoms with Crippen LogP contribution in [-0.2, 0) is 0 Å². The highest BCUT2D eigenvalue weighted by molar-refractivity contribution is 5.99. The van der Waals surface area contributed by atoms with E-state index in [0.29, 0.717) is 0 Å². The number of anilines is 1. The molecule has 2 heterocycles. The molecule has 1 N–H and O–H groups in total. The Kier molecular flexibility index (Phi) is 4.53.